The smallest absolute Gasteiger partial charge is 0.251 e. The standard InChI is InChI=1S/C28H28BrClN4O3/c1-17(2)37-25-11-9-20(15-23(25)30)28(36)32-21(10-12-26(31)35)14-18-5-7-19(8-6-18)24-16-34-13-3-4-22(29)27(34)33-24/h3-9,11,13,15-17,21H,10,12,14H2,1-2H3,(H2,31,35)(H,32,36)/t21-/m1/s1. The molecule has 0 saturated heterocycles. The highest BCUT2D eigenvalue weighted by molar-refractivity contribution is 9.10. The molecule has 0 spiro atoms. The van der Waals surface area contributed by atoms with Crippen LogP contribution in [0.5, 0.6) is 5.75 Å². The lowest BCUT2D eigenvalue weighted by molar-refractivity contribution is -0.118. The Bertz CT molecular complexity index is 1420. The molecule has 0 fully saturated rings. The summed E-state index contributed by atoms with van der Waals surface area (Å²) in [6, 6.07) is 16.6. The van der Waals surface area contributed by atoms with Crippen LogP contribution in [-0.2, 0) is 11.2 Å². The highest BCUT2D eigenvalue weighted by Crippen LogP contribution is 2.27. The van der Waals surface area contributed by atoms with Crippen molar-refractivity contribution in [2.24, 2.45) is 5.73 Å². The molecular weight excluding hydrogens is 556 g/mol. The van der Waals surface area contributed by atoms with Gasteiger partial charge in [-0.2, -0.15) is 0 Å². The second kappa shape index (κ2) is 11.8. The molecular formula is C28H28BrClN4O3. The van der Waals surface area contributed by atoms with Gasteiger partial charge in [0, 0.05) is 36.0 Å². The summed E-state index contributed by atoms with van der Waals surface area (Å²) in [5, 5.41) is 3.39. The quantitative estimate of drug-likeness (QED) is 0.246. The first-order chi connectivity index (χ1) is 17.7. The molecule has 2 aromatic carbocycles. The minimum Gasteiger partial charge on any atom is -0.489 e. The van der Waals surface area contributed by atoms with E-state index in [1.807, 2.05) is 67.0 Å². The fraction of sp³-hybridized carbons (Fsp3) is 0.250. The number of aromatic nitrogens is 2. The number of rotatable bonds is 10. The van der Waals surface area contributed by atoms with Gasteiger partial charge >= 0.3 is 0 Å². The predicted octanol–water partition coefficient (Wildman–Crippen LogP) is 5.81. The Morgan fingerprint density at radius 3 is 2.57 bits per heavy atom. The maximum Gasteiger partial charge on any atom is 0.251 e. The lowest BCUT2D eigenvalue weighted by Gasteiger charge is -2.19. The molecule has 2 amide bonds. The Kier molecular flexibility index (Phi) is 8.51. The van der Waals surface area contributed by atoms with E-state index in [0.29, 0.717) is 29.2 Å². The van der Waals surface area contributed by atoms with E-state index < -0.39 is 5.91 Å². The fourth-order valence-electron chi connectivity index (χ4n) is 4.02. The number of carbonyl (C=O) groups is 2. The summed E-state index contributed by atoms with van der Waals surface area (Å²) >= 11 is 9.85. The number of primary amides is 1. The first kappa shape index (κ1) is 26.7. The van der Waals surface area contributed by atoms with Gasteiger partial charge in [0.15, 0.2) is 5.65 Å². The number of hydrogen-bond donors (Lipinski definition) is 2. The molecule has 4 aromatic rings. The number of hydrogen-bond acceptors (Lipinski definition) is 4. The van der Waals surface area contributed by atoms with Gasteiger partial charge in [-0.25, -0.2) is 4.98 Å². The van der Waals surface area contributed by atoms with Gasteiger partial charge in [-0.05, 0) is 78.5 Å². The highest BCUT2D eigenvalue weighted by Gasteiger charge is 2.17. The minimum absolute atomic E-state index is 0.0312. The largest absolute Gasteiger partial charge is 0.489 e. The van der Waals surface area contributed by atoms with Crippen LogP contribution in [0.25, 0.3) is 16.9 Å². The third-order valence-electron chi connectivity index (χ3n) is 5.80. The number of ether oxygens (including phenoxy) is 1. The van der Waals surface area contributed by atoms with Crippen molar-refractivity contribution in [1.29, 1.82) is 0 Å². The number of carbonyl (C=O) groups excluding carboxylic acids is 2. The molecule has 37 heavy (non-hydrogen) atoms. The van der Waals surface area contributed by atoms with Crippen molar-refractivity contribution >= 4 is 45.0 Å². The molecule has 192 valence electrons. The SMILES string of the molecule is CC(C)Oc1ccc(C(=O)N[C@H](CCC(N)=O)Cc2ccc(-c3cn4cccc(Br)c4n3)cc2)cc1Cl. The summed E-state index contributed by atoms with van der Waals surface area (Å²) in [7, 11) is 0. The topological polar surface area (TPSA) is 98.7 Å². The number of benzene rings is 2. The molecule has 1 atom stereocenters. The van der Waals surface area contributed by atoms with Gasteiger partial charge in [-0.3, -0.25) is 9.59 Å². The van der Waals surface area contributed by atoms with Crippen molar-refractivity contribution in [2.75, 3.05) is 0 Å². The maximum absolute atomic E-state index is 13.0. The molecule has 0 radical (unpaired) electrons. The third-order valence-corrected chi connectivity index (χ3v) is 6.71. The van der Waals surface area contributed by atoms with Crippen molar-refractivity contribution < 1.29 is 14.3 Å². The van der Waals surface area contributed by atoms with E-state index >= 15 is 0 Å². The van der Waals surface area contributed by atoms with Crippen LogP contribution < -0.4 is 15.8 Å². The highest BCUT2D eigenvalue weighted by atomic mass is 79.9. The van der Waals surface area contributed by atoms with Crippen LogP contribution in [0.4, 0.5) is 0 Å². The molecule has 0 aliphatic heterocycles. The van der Waals surface area contributed by atoms with E-state index in [2.05, 4.69) is 21.2 Å². The average molecular weight is 584 g/mol. The zero-order valence-corrected chi connectivity index (χ0v) is 22.9. The van der Waals surface area contributed by atoms with Crippen LogP contribution in [0, 0.1) is 0 Å². The molecule has 2 aromatic heterocycles. The average Bonchev–Trinajstić information content (AvgIpc) is 3.30. The summed E-state index contributed by atoms with van der Waals surface area (Å²) in [5.74, 6) is -0.165. The van der Waals surface area contributed by atoms with E-state index in [1.165, 1.54) is 0 Å². The zero-order chi connectivity index (χ0) is 26.5. The predicted molar refractivity (Wildman–Crippen MR) is 149 cm³/mol. The summed E-state index contributed by atoms with van der Waals surface area (Å²) in [6.45, 7) is 3.81. The summed E-state index contributed by atoms with van der Waals surface area (Å²) < 4.78 is 8.54. The van der Waals surface area contributed by atoms with Gasteiger partial charge in [0.1, 0.15) is 5.75 Å². The van der Waals surface area contributed by atoms with Crippen molar-refractivity contribution in [3.05, 3.63) is 87.6 Å². The fourth-order valence-corrected chi connectivity index (χ4v) is 4.69. The van der Waals surface area contributed by atoms with Gasteiger partial charge in [-0.1, -0.05) is 35.9 Å². The Labute approximate surface area is 229 Å². The lowest BCUT2D eigenvalue weighted by Crippen LogP contribution is -2.37. The Morgan fingerprint density at radius 1 is 1.16 bits per heavy atom. The summed E-state index contributed by atoms with van der Waals surface area (Å²) in [5.41, 5.74) is 9.50. The van der Waals surface area contributed by atoms with Crippen LogP contribution >= 0.6 is 27.5 Å². The van der Waals surface area contributed by atoms with Crippen LogP contribution in [0.2, 0.25) is 5.02 Å². The number of imidazole rings is 1. The first-order valence-electron chi connectivity index (χ1n) is 12.0. The molecule has 7 nitrogen and oxygen atoms in total. The van der Waals surface area contributed by atoms with Crippen molar-refractivity contribution in [2.45, 2.75) is 45.3 Å². The van der Waals surface area contributed by atoms with E-state index in [0.717, 1.165) is 26.9 Å². The molecule has 3 N–H and O–H groups in total. The summed E-state index contributed by atoms with van der Waals surface area (Å²) in [4.78, 5) is 29.1. The van der Waals surface area contributed by atoms with E-state index in [1.54, 1.807) is 18.2 Å². The van der Waals surface area contributed by atoms with Crippen LogP contribution in [-0.4, -0.2) is 33.3 Å². The first-order valence-corrected chi connectivity index (χ1v) is 13.1. The molecule has 0 aliphatic carbocycles. The number of halogens is 2. The number of pyridine rings is 1. The van der Waals surface area contributed by atoms with Crippen molar-refractivity contribution in [3.8, 4) is 17.0 Å². The Morgan fingerprint density at radius 2 is 1.92 bits per heavy atom. The van der Waals surface area contributed by atoms with Gasteiger partial charge in [0.2, 0.25) is 5.91 Å². The zero-order valence-electron chi connectivity index (χ0n) is 20.6. The Hall–Kier alpha value is -3.36. The van der Waals surface area contributed by atoms with Gasteiger partial charge in [0.25, 0.3) is 5.91 Å². The molecule has 0 bridgehead atoms. The second-order valence-corrected chi connectivity index (χ2v) is 10.4. The molecule has 0 aliphatic rings. The van der Waals surface area contributed by atoms with Crippen molar-refractivity contribution in [3.63, 3.8) is 0 Å². The third kappa shape index (κ3) is 6.90. The number of nitrogens with one attached hydrogen (secondary N) is 1. The van der Waals surface area contributed by atoms with E-state index in [9.17, 15) is 9.59 Å². The number of nitrogens with zero attached hydrogens (tertiary/aromatic N) is 2. The van der Waals surface area contributed by atoms with Gasteiger partial charge < -0.3 is 20.2 Å². The van der Waals surface area contributed by atoms with E-state index in [-0.39, 0.29) is 24.5 Å². The van der Waals surface area contributed by atoms with Gasteiger partial charge in [-0.15, -0.1) is 0 Å². The molecule has 0 unspecified atom stereocenters. The van der Waals surface area contributed by atoms with Crippen LogP contribution in [0.3, 0.4) is 0 Å². The normalized spacial score (nSPS) is 12.0. The van der Waals surface area contributed by atoms with Gasteiger partial charge in [0.05, 0.1) is 21.3 Å². The maximum atomic E-state index is 13.0. The Balaban J connectivity index is 1.48. The number of nitrogens with two attached hydrogens (primary N) is 1. The number of fused-ring (bicyclic) bond motifs is 1. The molecule has 9 heteroatoms. The second-order valence-electron chi connectivity index (χ2n) is 9.10. The van der Waals surface area contributed by atoms with Crippen molar-refractivity contribution in [1.82, 2.24) is 14.7 Å². The number of amides is 2. The molecule has 2 heterocycles. The minimum atomic E-state index is -0.411. The monoisotopic (exact) mass is 582 g/mol. The molecule has 0 saturated carbocycles. The lowest BCUT2D eigenvalue weighted by atomic mass is 9.99. The summed E-state index contributed by atoms with van der Waals surface area (Å²) in [6.07, 6.45) is 5.03. The van der Waals surface area contributed by atoms with Crippen LogP contribution in [0.15, 0.2) is 71.5 Å². The van der Waals surface area contributed by atoms with Crippen LogP contribution in [0.1, 0.15) is 42.6 Å². The van der Waals surface area contributed by atoms with E-state index in [4.69, 9.17) is 27.1 Å². The molecule has 4 rings (SSSR count).